The molecule has 6 amide bonds. The maximum absolute atomic E-state index is 14.3. The Labute approximate surface area is 556 Å². The molecule has 26 nitrogen and oxygen atoms in total. The maximum Gasteiger partial charge on any atom is 0.328 e. The van der Waals surface area contributed by atoms with Crippen molar-refractivity contribution in [3.8, 4) is 28.5 Å². The molecule has 1 saturated heterocycles. The highest BCUT2D eigenvalue weighted by Crippen LogP contribution is 2.51. The smallest absolute Gasteiger partial charge is 0.328 e. The second-order valence-electron chi connectivity index (χ2n) is 27.2. The van der Waals surface area contributed by atoms with Gasteiger partial charge in [-0.25, -0.2) is 23.9 Å². The van der Waals surface area contributed by atoms with Crippen LogP contribution in [0.5, 0.6) is 17.4 Å². The Kier molecular flexibility index (Phi) is 24.8. The number of hydrogen-bond donors (Lipinski definition) is 5. The van der Waals surface area contributed by atoms with Gasteiger partial charge < -0.3 is 59.9 Å². The highest BCUT2D eigenvalue weighted by molar-refractivity contribution is 6.76. The summed E-state index contributed by atoms with van der Waals surface area (Å²) in [7, 11) is 0.0935. The fourth-order valence-corrected chi connectivity index (χ4v) is 12.0. The largest absolute Gasteiger partial charge is 0.487 e. The Balaban J connectivity index is 0.610. The molecule has 3 aliphatic rings. The predicted molar refractivity (Wildman–Crippen MR) is 357 cm³/mol. The number of benzene rings is 2. The Morgan fingerprint density at radius 1 is 0.789 bits per heavy atom. The minimum absolute atomic E-state index is 0.0207. The van der Waals surface area contributed by atoms with Crippen LogP contribution in [0.4, 0.5) is 10.5 Å². The Morgan fingerprint density at radius 2 is 1.53 bits per heavy atom. The van der Waals surface area contributed by atoms with Crippen molar-refractivity contribution in [3.63, 3.8) is 0 Å². The highest BCUT2D eigenvalue weighted by atomic mass is 28.3. The molecule has 0 radical (unpaired) electrons. The number of carbonyl (C=O) groups excluding carboxylic acids is 6. The third-order valence-corrected chi connectivity index (χ3v) is 18.5. The topological polar surface area (TPSA) is 300 Å². The normalized spacial score (nSPS) is 14.8. The van der Waals surface area contributed by atoms with Crippen molar-refractivity contribution in [2.24, 2.45) is 23.2 Å². The lowest BCUT2D eigenvalue weighted by Crippen LogP contribution is -2.59. The number of likely N-dealkylation sites (tertiary alicyclic amines) is 1. The van der Waals surface area contributed by atoms with E-state index in [0.29, 0.717) is 132 Å². The van der Waals surface area contributed by atoms with E-state index in [1.54, 1.807) is 64.4 Å². The number of ether oxygens (including phenoxy) is 6. The number of methoxy groups -OCH3 is 1. The lowest BCUT2D eigenvalue weighted by Gasteiger charge is -2.38. The zero-order chi connectivity index (χ0) is 67.7. The average molecular weight is 1330 g/mol. The van der Waals surface area contributed by atoms with Crippen molar-refractivity contribution in [1.82, 2.24) is 65.7 Å². The number of anilines is 1. The van der Waals surface area contributed by atoms with E-state index in [1.165, 1.54) is 18.0 Å². The van der Waals surface area contributed by atoms with Crippen LogP contribution in [0.25, 0.3) is 11.1 Å². The Hall–Kier alpha value is -8.53. The van der Waals surface area contributed by atoms with Gasteiger partial charge in [0.2, 0.25) is 17.7 Å². The number of rotatable bonds is 37. The molecule has 2 atom stereocenters. The number of urea groups is 1. The maximum atomic E-state index is 14.3. The molecule has 0 spiro atoms. The molecule has 1 aliphatic heterocycles. The molecule has 5 heterocycles. The number of pyridine rings is 1. The molecule has 0 bridgehead atoms. The van der Waals surface area contributed by atoms with Crippen molar-refractivity contribution < 1.29 is 57.2 Å². The molecule has 3 fully saturated rings. The third-order valence-electron chi connectivity index (χ3n) is 16.8. The monoisotopic (exact) mass is 1330 g/mol. The van der Waals surface area contributed by atoms with Gasteiger partial charge in [-0.15, -0.1) is 5.10 Å². The zero-order valence-electron chi connectivity index (χ0n) is 56.3. The first-order valence-electron chi connectivity index (χ1n) is 33.1. The highest BCUT2D eigenvalue weighted by Gasteiger charge is 2.48. The van der Waals surface area contributed by atoms with E-state index in [0.717, 1.165) is 54.2 Å². The first-order valence-corrected chi connectivity index (χ1v) is 36.8. The van der Waals surface area contributed by atoms with E-state index in [4.69, 9.17) is 33.5 Å². The Bertz CT molecular complexity index is 3520. The summed E-state index contributed by atoms with van der Waals surface area (Å²) >= 11 is 0. The third kappa shape index (κ3) is 21.7. The molecule has 4 aromatic heterocycles. The summed E-state index contributed by atoms with van der Waals surface area (Å²) in [6.45, 7) is 21.5. The second-order valence-corrected chi connectivity index (χ2v) is 32.8. The molecule has 9 rings (SSSR count). The quantitative estimate of drug-likeness (QED) is 0.0139. The van der Waals surface area contributed by atoms with Crippen molar-refractivity contribution >= 4 is 49.4 Å². The molecular formula is C68H94N14O12Si. The zero-order valence-corrected chi connectivity index (χ0v) is 57.3. The van der Waals surface area contributed by atoms with Crippen LogP contribution in [0.3, 0.4) is 0 Å². The standard InChI is InChI=1S/C68H94N14O12Si/c1-45-60(46(2)82(77-45)44-92-35-36-95(7,8)9)47-19-22-51(23-20-47)73-65(86)62(61(48-15-16-48)49-17-18-49)75-64(85)57-26-30-72-81(57)31-11-28-69-58(83)42-80-39-52(76-78-80)43-91-34-33-90-32-12-29-70-67(88)79-40-55(41-79)93-53-13-10-14-54(37-53)94-59-24-21-50(38-71-59)63(84)74-56(66(87)89-6)25-27-68(3,4)5/h10,13-14,19-24,26,30,37-39,48-49,55-56,61-62H,11-12,15-18,25,27-29,31-36,40-44H2,1-9H3,(H,69,83)(H,70,88)(H,73,86)(H,74,84)(H,75,85)/t56-,62-/m0/s1. The van der Waals surface area contributed by atoms with E-state index in [9.17, 15) is 28.8 Å². The number of nitrogens with zero attached hydrogens (tertiary/aromatic N) is 9. The van der Waals surface area contributed by atoms with Gasteiger partial charge in [0, 0.05) is 82.4 Å². The van der Waals surface area contributed by atoms with Gasteiger partial charge in [0.25, 0.3) is 11.8 Å². The summed E-state index contributed by atoms with van der Waals surface area (Å²) in [5.41, 5.74) is 5.75. The van der Waals surface area contributed by atoms with Gasteiger partial charge in [0.15, 0.2) is 0 Å². The molecule has 2 aliphatic carbocycles. The first kappa shape index (κ1) is 70.8. The minimum Gasteiger partial charge on any atom is -0.487 e. The lowest BCUT2D eigenvalue weighted by atomic mass is 9.88. The van der Waals surface area contributed by atoms with Gasteiger partial charge in [0.1, 0.15) is 54.4 Å². The van der Waals surface area contributed by atoms with Gasteiger partial charge in [-0.3, -0.25) is 23.9 Å². The van der Waals surface area contributed by atoms with Crippen molar-refractivity contribution in [1.29, 1.82) is 0 Å². The molecule has 27 heteroatoms. The van der Waals surface area contributed by atoms with Crippen LogP contribution in [-0.4, -0.2) is 166 Å². The van der Waals surface area contributed by atoms with Crippen LogP contribution in [0.1, 0.15) is 110 Å². The molecule has 6 aromatic rings. The van der Waals surface area contributed by atoms with E-state index >= 15 is 0 Å². The molecular weight excluding hydrogens is 1230 g/mol. The van der Waals surface area contributed by atoms with E-state index in [2.05, 4.69) is 87.4 Å². The van der Waals surface area contributed by atoms with E-state index < -0.39 is 32.0 Å². The summed E-state index contributed by atoms with van der Waals surface area (Å²) in [6.07, 6.45) is 10.8. The van der Waals surface area contributed by atoms with E-state index in [-0.39, 0.29) is 65.8 Å². The molecule has 95 heavy (non-hydrogen) atoms. The fourth-order valence-electron chi connectivity index (χ4n) is 11.3. The SMILES string of the molecule is COC(=O)[C@H](CCC(C)(C)C)NC(=O)c1ccc(Oc2cccc(OC3CN(C(=O)NCCCOCCOCc4cn(CC(=O)NCCCn5nccc5C(=O)N[C@H](C(=O)Nc5ccc(-c6c(C)nn(COCC[Si](C)(C)C)c6C)cc5)C(C5CC5)C5CC5)nn4)C3)c2)nc1. The second kappa shape index (κ2) is 33.2. The Morgan fingerprint density at radius 3 is 2.23 bits per heavy atom. The van der Waals surface area contributed by atoms with Crippen molar-refractivity contribution in [2.75, 3.05) is 65.0 Å². The summed E-state index contributed by atoms with van der Waals surface area (Å²) < 4.78 is 39.3. The first-order chi connectivity index (χ1) is 45.6. The predicted octanol–water partition coefficient (Wildman–Crippen LogP) is 8.33. The van der Waals surface area contributed by atoms with Gasteiger partial charge >= 0.3 is 12.0 Å². The van der Waals surface area contributed by atoms with Gasteiger partial charge in [-0.05, 0) is 136 Å². The molecule has 2 saturated carbocycles. The number of esters is 1. The summed E-state index contributed by atoms with van der Waals surface area (Å²) in [5.74, 6) is 0.300. The van der Waals surface area contributed by atoms with Gasteiger partial charge in [-0.2, -0.15) is 10.2 Å². The van der Waals surface area contributed by atoms with Crippen LogP contribution in [-0.2, 0) is 59.8 Å². The summed E-state index contributed by atoms with van der Waals surface area (Å²) in [5, 5.41) is 32.2. The average Bonchev–Trinajstić information content (AvgIpc) is 1.69. The lowest BCUT2D eigenvalue weighted by molar-refractivity contribution is -0.143. The number of hydrogen-bond acceptors (Lipinski definition) is 17. The van der Waals surface area contributed by atoms with E-state index in [1.807, 2.05) is 42.8 Å². The van der Waals surface area contributed by atoms with Crippen LogP contribution >= 0.6 is 0 Å². The molecule has 2 aromatic carbocycles. The van der Waals surface area contributed by atoms with Gasteiger partial charge in [-0.1, -0.05) is 63.8 Å². The van der Waals surface area contributed by atoms with Crippen molar-refractivity contribution in [2.45, 2.75) is 156 Å². The number of aromatic nitrogens is 8. The summed E-state index contributed by atoms with van der Waals surface area (Å²) in [4.78, 5) is 85.2. The van der Waals surface area contributed by atoms with Crippen LogP contribution in [0.2, 0.25) is 25.7 Å². The number of nitrogens with one attached hydrogen (secondary N) is 5. The number of carbonyl (C=O) groups is 6. The summed E-state index contributed by atoms with van der Waals surface area (Å²) in [6, 6.07) is 19.1. The molecule has 5 N–H and O–H groups in total. The fraction of sp³-hybridized carbons (Fsp3) is 0.544. The van der Waals surface area contributed by atoms with Gasteiger partial charge in [0.05, 0.1) is 57.5 Å². The molecule has 512 valence electrons. The van der Waals surface area contributed by atoms with Crippen LogP contribution in [0.15, 0.2) is 85.3 Å². The number of aryl methyl sites for hydroxylation is 2. The van der Waals surface area contributed by atoms with Crippen LogP contribution in [0, 0.1) is 37.0 Å². The van der Waals surface area contributed by atoms with Crippen molar-refractivity contribution in [3.05, 3.63) is 114 Å². The number of amides is 6. The minimum atomic E-state index is -1.20. The molecule has 0 unspecified atom stereocenters. The van der Waals surface area contributed by atoms with Crippen LogP contribution < -0.4 is 36.1 Å².